The molecule has 2 aromatic carbocycles. The normalized spacial score (nSPS) is 18.2. The van der Waals surface area contributed by atoms with Crippen molar-refractivity contribution in [2.24, 2.45) is 17.6 Å². The van der Waals surface area contributed by atoms with Crippen LogP contribution in [0.1, 0.15) is 35.2 Å². The third-order valence-electron chi connectivity index (χ3n) is 5.08. The first-order valence-electron chi connectivity index (χ1n) is 9.20. The van der Waals surface area contributed by atoms with Crippen LogP contribution in [0.25, 0.3) is 0 Å². The Labute approximate surface area is 170 Å². The molecule has 5 nitrogen and oxygen atoms in total. The van der Waals surface area contributed by atoms with E-state index in [4.69, 9.17) is 5.73 Å². The highest BCUT2D eigenvalue weighted by Gasteiger charge is 2.31. The van der Waals surface area contributed by atoms with E-state index >= 15 is 0 Å². The van der Waals surface area contributed by atoms with Crippen LogP contribution in [0.3, 0.4) is 0 Å². The Morgan fingerprint density at radius 1 is 1.04 bits per heavy atom. The zero-order valence-electron chi connectivity index (χ0n) is 15.5. The average Bonchev–Trinajstić information content (AvgIpc) is 3.17. The largest absolute Gasteiger partial charge is 0.352 e. The molecule has 3 rings (SSSR count). The molecule has 0 bridgehead atoms. The Morgan fingerprint density at radius 2 is 1.71 bits per heavy atom. The summed E-state index contributed by atoms with van der Waals surface area (Å²) in [5, 5.41) is 5.68. The number of carbonyl (C=O) groups excluding carboxylic acids is 2. The van der Waals surface area contributed by atoms with Crippen LogP contribution >= 0.6 is 12.4 Å². The predicted octanol–water partition coefficient (Wildman–Crippen LogP) is 3.49. The van der Waals surface area contributed by atoms with E-state index in [1.54, 1.807) is 12.1 Å². The van der Waals surface area contributed by atoms with Gasteiger partial charge >= 0.3 is 0 Å². The zero-order valence-corrected chi connectivity index (χ0v) is 16.3. The highest BCUT2D eigenvalue weighted by atomic mass is 35.5. The number of nitrogens with two attached hydrogens (primary N) is 1. The van der Waals surface area contributed by atoms with Crippen molar-refractivity contribution in [1.82, 2.24) is 5.32 Å². The van der Waals surface area contributed by atoms with Gasteiger partial charge in [-0.2, -0.15) is 0 Å². The maximum atomic E-state index is 12.9. The van der Waals surface area contributed by atoms with Gasteiger partial charge in [0.25, 0.3) is 5.91 Å². The fourth-order valence-electron chi connectivity index (χ4n) is 3.49. The maximum absolute atomic E-state index is 12.9. The third-order valence-corrected chi connectivity index (χ3v) is 5.08. The highest BCUT2D eigenvalue weighted by Crippen LogP contribution is 2.31. The Hall–Kier alpha value is -2.44. The molecule has 0 aromatic heterocycles. The van der Waals surface area contributed by atoms with Crippen molar-refractivity contribution in [2.75, 3.05) is 11.9 Å². The minimum atomic E-state index is -0.352. The Bertz CT molecular complexity index is 796. The van der Waals surface area contributed by atoms with Crippen LogP contribution in [-0.4, -0.2) is 18.4 Å². The van der Waals surface area contributed by atoms with Crippen molar-refractivity contribution in [3.8, 4) is 0 Å². The number of benzene rings is 2. The van der Waals surface area contributed by atoms with Gasteiger partial charge in [0, 0.05) is 23.7 Å². The molecule has 4 N–H and O–H groups in total. The van der Waals surface area contributed by atoms with Crippen LogP contribution in [0.2, 0.25) is 0 Å². The maximum Gasteiger partial charge on any atom is 0.255 e. The number of anilines is 1. The monoisotopic (exact) mass is 405 g/mol. The summed E-state index contributed by atoms with van der Waals surface area (Å²) in [6.07, 6.45) is 2.97. The van der Waals surface area contributed by atoms with Gasteiger partial charge in [-0.05, 0) is 67.3 Å². The zero-order chi connectivity index (χ0) is 19.2. The molecule has 7 heteroatoms. The van der Waals surface area contributed by atoms with Gasteiger partial charge < -0.3 is 16.4 Å². The first-order chi connectivity index (χ1) is 13.1. The number of halogens is 2. The minimum absolute atomic E-state index is 0. The van der Waals surface area contributed by atoms with E-state index in [9.17, 15) is 14.0 Å². The van der Waals surface area contributed by atoms with Crippen LogP contribution < -0.4 is 16.4 Å². The minimum Gasteiger partial charge on any atom is -0.352 e. The van der Waals surface area contributed by atoms with E-state index in [0.29, 0.717) is 24.3 Å². The summed E-state index contributed by atoms with van der Waals surface area (Å²) in [5.74, 6) is -0.275. The predicted molar refractivity (Wildman–Crippen MR) is 110 cm³/mol. The van der Waals surface area contributed by atoms with Gasteiger partial charge in [0.15, 0.2) is 0 Å². The molecule has 0 unspecified atom stereocenters. The van der Waals surface area contributed by atoms with Gasteiger partial charge in [0.05, 0.1) is 0 Å². The Morgan fingerprint density at radius 3 is 2.36 bits per heavy atom. The van der Waals surface area contributed by atoms with Gasteiger partial charge in [-0.15, -0.1) is 12.4 Å². The number of carbonyl (C=O) groups is 2. The van der Waals surface area contributed by atoms with E-state index in [1.165, 1.54) is 24.3 Å². The molecule has 1 saturated carbocycles. The quantitative estimate of drug-likeness (QED) is 0.687. The molecule has 1 aliphatic carbocycles. The lowest BCUT2D eigenvalue weighted by Crippen LogP contribution is -2.34. The molecular weight excluding hydrogens is 381 g/mol. The summed E-state index contributed by atoms with van der Waals surface area (Å²) < 4.78 is 12.9. The smallest absolute Gasteiger partial charge is 0.255 e. The number of amides is 2. The van der Waals surface area contributed by atoms with Gasteiger partial charge in [-0.25, -0.2) is 4.39 Å². The van der Waals surface area contributed by atoms with E-state index < -0.39 is 0 Å². The standard InChI is InChI=1S/C21H24FN3O2.ClH/c22-17-8-10-18(11-9-17)25-20(26)15-6-4-14(5-7-15)13-24-21(27)19-3-1-2-16(19)12-23;/h4-11,16,19H,1-3,12-13,23H2,(H,24,27)(H,25,26);1H/t16-,19-;/m1./s1. The molecule has 2 aromatic rings. The lowest BCUT2D eigenvalue weighted by Gasteiger charge is -2.17. The average molecular weight is 406 g/mol. The van der Waals surface area contributed by atoms with Crippen LogP contribution in [0, 0.1) is 17.7 Å². The van der Waals surface area contributed by atoms with E-state index in [2.05, 4.69) is 10.6 Å². The third kappa shape index (κ3) is 5.53. The van der Waals surface area contributed by atoms with E-state index in [0.717, 1.165) is 24.8 Å². The van der Waals surface area contributed by atoms with Crippen LogP contribution in [-0.2, 0) is 11.3 Å². The van der Waals surface area contributed by atoms with Crippen LogP contribution in [0.15, 0.2) is 48.5 Å². The molecule has 1 aliphatic rings. The molecule has 1 fully saturated rings. The van der Waals surface area contributed by atoms with E-state index in [1.807, 2.05) is 12.1 Å². The second kappa shape index (κ2) is 10.2. The fourth-order valence-corrected chi connectivity index (χ4v) is 3.49. The van der Waals surface area contributed by atoms with Crippen LogP contribution in [0.5, 0.6) is 0 Å². The van der Waals surface area contributed by atoms with Gasteiger partial charge in [0.2, 0.25) is 5.91 Å². The molecule has 0 aliphatic heterocycles. The summed E-state index contributed by atoms with van der Waals surface area (Å²) in [5.41, 5.74) is 7.69. The highest BCUT2D eigenvalue weighted by molar-refractivity contribution is 6.04. The second-order valence-corrected chi connectivity index (χ2v) is 6.91. The van der Waals surface area contributed by atoms with Crippen molar-refractivity contribution < 1.29 is 14.0 Å². The molecule has 0 spiro atoms. The molecule has 0 saturated heterocycles. The first kappa shape index (κ1) is 21.9. The molecule has 2 amide bonds. The van der Waals surface area contributed by atoms with Crippen molar-refractivity contribution >= 4 is 29.9 Å². The van der Waals surface area contributed by atoms with Crippen molar-refractivity contribution in [3.63, 3.8) is 0 Å². The first-order valence-corrected chi connectivity index (χ1v) is 9.20. The second-order valence-electron chi connectivity index (χ2n) is 6.91. The van der Waals surface area contributed by atoms with Gasteiger partial charge in [-0.1, -0.05) is 18.6 Å². The molecule has 0 radical (unpaired) electrons. The van der Waals surface area contributed by atoms with Crippen LogP contribution in [0.4, 0.5) is 10.1 Å². The van der Waals surface area contributed by atoms with Gasteiger partial charge in [0.1, 0.15) is 5.82 Å². The van der Waals surface area contributed by atoms with Crippen molar-refractivity contribution in [3.05, 3.63) is 65.5 Å². The van der Waals surface area contributed by atoms with E-state index in [-0.39, 0.29) is 41.9 Å². The summed E-state index contributed by atoms with van der Waals surface area (Å²) in [6.45, 7) is 0.975. The number of hydrogen-bond donors (Lipinski definition) is 3. The molecular formula is C21H25ClFN3O2. The van der Waals surface area contributed by atoms with Gasteiger partial charge in [-0.3, -0.25) is 9.59 Å². The number of nitrogens with one attached hydrogen (secondary N) is 2. The molecule has 28 heavy (non-hydrogen) atoms. The topological polar surface area (TPSA) is 84.2 Å². The molecule has 150 valence electrons. The summed E-state index contributed by atoms with van der Waals surface area (Å²) in [7, 11) is 0. The lowest BCUT2D eigenvalue weighted by molar-refractivity contribution is -0.126. The number of hydrogen-bond acceptors (Lipinski definition) is 3. The molecule has 2 atom stereocenters. The molecule has 0 heterocycles. The Balaban J connectivity index is 0.00000280. The summed E-state index contributed by atoms with van der Waals surface area (Å²) in [4.78, 5) is 24.6. The lowest BCUT2D eigenvalue weighted by atomic mass is 9.95. The summed E-state index contributed by atoms with van der Waals surface area (Å²) in [6, 6.07) is 12.6. The Kier molecular flexibility index (Phi) is 7.96. The SMILES string of the molecule is Cl.NC[C@H]1CCC[C@H]1C(=O)NCc1ccc(C(=O)Nc2ccc(F)cc2)cc1. The van der Waals surface area contributed by atoms with Crippen molar-refractivity contribution in [1.29, 1.82) is 0 Å². The fraction of sp³-hybridized carbons (Fsp3) is 0.333. The summed E-state index contributed by atoms with van der Waals surface area (Å²) >= 11 is 0. The number of rotatable bonds is 6. The van der Waals surface area contributed by atoms with Crippen molar-refractivity contribution in [2.45, 2.75) is 25.8 Å².